The molecule has 0 aromatic carbocycles. The lowest BCUT2D eigenvalue weighted by Crippen LogP contribution is -2.28. The Morgan fingerprint density at radius 1 is 1.11 bits per heavy atom. The maximum atomic E-state index is 9.00. The van der Waals surface area contributed by atoms with Crippen molar-refractivity contribution in [2.75, 3.05) is 0 Å². The molecule has 0 aromatic heterocycles. The third-order valence-corrected chi connectivity index (χ3v) is 1.84. The third-order valence-electron chi connectivity index (χ3n) is 1.84. The van der Waals surface area contributed by atoms with Crippen molar-refractivity contribution < 1.29 is 9.90 Å². The van der Waals surface area contributed by atoms with E-state index in [1.165, 1.54) is 0 Å². The highest BCUT2D eigenvalue weighted by atomic mass is 16.4. The first-order valence-electron chi connectivity index (χ1n) is 5.53. The molecule has 8 nitrogen and oxygen atoms in total. The molecule has 0 radical (unpaired) electrons. The summed E-state index contributed by atoms with van der Waals surface area (Å²) in [6.07, 6.45) is 1.26. The van der Waals surface area contributed by atoms with E-state index in [9.17, 15) is 0 Å². The van der Waals surface area contributed by atoms with Crippen LogP contribution in [0, 0.1) is 10.8 Å². The minimum atomic E-state index is -0.833. The minimum absolute atomic E-state index is 0.00495. The van der Waals surface area contributed by atoms with Gasteiger partial charge in [0, 0.05) is 6.92 Å². The van der Waals surface area contributed by atoms with Crippen molar-refractivity contribution >= 4 is 17.6 Å². The van der Waals surface area contributed by atoms with Crippen LogP contribution in [-0.2, 0) is 4.79 Å². The van der Waals surface area contributed by atoms with E-state index in [1.807, 2.05) is 13.8 Å². The molecule has 0 spiro atoms. The lowest BCUT2D eigenvalue weighted by Gasteiger charge is -2.09. The molecular formula is C10H22N6O2. The first-order valence-corrected chi connectivity index (χ1v) is 5.53. The van der Waals surface area contributed by atoms with Gasteiger partial charge in [-0.3, -0.25) is 15.6 Å². The predicted octanol–water partition coefficient (Wildman–Crippen LogP) is 0.959. The van der Waals surface area contributed by atoms with Gasteiger partial charge in [-0.05, 0) is 12.8 Å². The highest BCUT2D eigenvalue weighted by molar-refractivity contribution is 5.83. The van der Waals surface area contributed by atoms with Crippen molar-refractivity contribution in [3.05, 3.63) is 0 Å². The smallest absolute Gasteiger partial charge is 0.300 e. The second kappa shape index (κ2) is 10.2. The molecule has 0 saturated heterocycles. The number of carbonyl (C=O) groups is 1. The highest BCUT2D eigenvalue weighted by Gasteiger charge is 2.11. The van der Waals surface area contributed by atoms with E-state index < -0.39 is 5.97 Å². The van der Waals surface area contributed by atoms with Crippen LogP contribution in [0.3, 0.4) is 0 Å². The Morgan fingerprint density at radius 2 is 1.33 bits per heavy atom. The molecule has 7 N–H and O–H groups in total. The first kappa shape index (κ1) is 18.4. The topological polar surface area (TPSA) is 162 Å². The SMILES string of the molecule is CC(=O)O.CCC(N=NC(CC)C(=N)N)C(=N)N. The van der Waals surface area contributed by atoms with Crippen molar-refractivity contribution in [2.24, 2.45) is 21.7 Å². The number of carboxylic acids is 1. The number of hydrogen-bond donors (Lipinski definition) is 5. The van der Waals surface area contributed by atoms with E-state index in [2.05, 4.69) is 10.2 Å². The Kier molecular flexibility index (Phi) is 10.4. The summed E-state index contributed by atoms with van der Waals surface area (Å²) in [5, 5.41) is 29.6. The molecule has 18 heavy (non-hydrogen) atoms. The average molecular weight is 258 g/mol. The number of amidine groups is 2. The normalized spacial score (nSPS) is 13.3. The van der Waals surface area contributed by atoms with Crippen LogP contribution in [0.15, 0.2) is 10.2 Å². The number of nitrogens with zero attached hydrogens (tertiary/aromatic N) is 2. The number of rotatable bonds is 6. The van der Waals surface area contributed by atoms with Crippen LogP contribution in [0.2, 0.25) is 0 Å². The van der Waals surface area contributed by atoms with Crippen molar-refractivity contribution in [1.82, 2.24) is 0 Å². The largest absolute Gasteiger partial charge is 0.481 e. The fourth-order valence-electron chi connectivity index (χ4n) is 0.888. The molecule has 2 atom stereocenters. The van der Waals surface area contributed by atoms with Crippen LogP contribution in [0.4, 0.5) is 0 Å². The summed E-state index contributed by atoms with van der Waals surface area (Å²) in [7, 11) is 0. The van der Waals surface area contributed by atoms with Crippen LogP contribution in [0.5, 0.6) is 0 Å². The van der Waals surface area contributed by atoms with E-state index in [4.69, 9.17) is 32.2 Å². The van der Waals surface area contributed by atoms with Crippen molar-refractivity contribution in [3.8, 4) is 0 Å². The summed E-state index contributed by atoms with van der Waals surface area (Å²) in [6.45, 7) is 4.83. The Morgan fingerprint density at radius 3 is 1.44 bits per heavy atom. The third kappa shape index (κ3) is 10.5. The first-order chi connectivity index (χ1) is 8.26. The van der Waals surface area contributed by atoms with E-state index in [0.29, 0.717) is 12.8 Å². The molecular weight excluding hydrogens is 236 g/mol. The summed E-state index contributed by atoms with van der Waals surface area (Å²) in [5.41, 5.74) is 10.6. The molecule has 0 aliphatic carbocycles. The predicted molar refractivity (Wildman–Crippen MR) is 70.2 cm³/mol. The molecule has 8 heteroatoms. The summed E-state index contributed by atoms with van der Waals surface area (Å²) >= 11 is 0. The molecule has 0 rings (SSSR count). The van der Waals surface area contributed by atoms with Crippen LogP contribution in [0.25, 0.3) is 0 Å². The van der Waals surface area contributed by atoms with Crippen LogP contribution >= 0.6 is 0 Å². The fraction of sp³-hybridized carbons (Fsp3) is 0.700. The zero-order valence-corrected chi connectivity index (χ0v) is 11.0. The highest BCUT2D eigenvalue weighted by Crippen LogP contribution is 2.02. The standard InChI is InChI=1S/C8H18N6.C2H4O2/c1-3-5(7(9)10)13-14-6(4-2)8(11)12;1-2(3)4/h5-6H,3-4H2,1-2H3,(H3,9,10)(H3,11,12);1H3,(H,3,4). The van der Waals surface area contributed by atoms with Gasteiger partial charge in [0.1, 0.15) is 23.8 Å². The average Bonchev–Trinajstić information content (AvgIpc) is 2.22. The zero-order valence-electron chi connectivity index (χ0n) is 11.0. The van der Waals surface area contributed by atoms with Crippen LogP contribution in [-0.4, -0.2) is 34.8 Å². The number of aliphatic carboxylic acids is 1. The summed E-state index contributed by atoms with van der Waals surface area (Å²) in [4.78, 5) is 9.00. The number of azo groups is 1. The van der Waals surface area contributed by atoms with Gasteiger partial charge in [-0.15, -0.1) is 0 Å². The molecule has 0 aliphatic heterocycles. The van der Waals surface area contributed by atoms with Crippen LogP contribution < -0.4 is 11.5 Å². The van der Waals surface area contributed by atoms with Gasteiger partial charge in [-0.25, -0.2) is 0 Å². The fourth-order valence-corrected chi connectivity index (χ4v) is 0.888. The number of hydrogen-bond acceptors (Lipinski definition) is 5. The van der Waals surface area contributed by atoms with Crippen molar-refractivity contribution in [3.63, 3.8) is 0 Å². The Labute approximate surface area is 106 Å². The second-order valence-corrected chi connectivity index (χ2v) is 3.51. The lowest BCUT2D eigenvalue weighted by atomic mass is 10.2. The molecule has 0 aliphatic rings. The Balaban J connectivity index is 0. The lowest BCUT2D eigenvalue weighted by molar-refractivity contribution is -0.134. The van der Waals surface area contributed by atoms with E-state index in [1.54, 1.807) is 0 Å². The number of nitrogens with one attached hydrogen (secondary N) is 2. The van der Waals surface area contributed by atoms with Crippen molar-refractivity contribution in [2.45, 2.75) is 45.7 Å². The molecule has 0 bridgehead atoms. The van der Waals surface area contributed by atoms with E-state index >= 15 is 0 Å². The molecule has 0 aromatic rings. The van der Waals surface area contributed by atoms with Gasteiger partial charge in [0.15, 0.2) is 0 Å². The zero-order chi connectivity index (χ0) is 14.7. The molecule has 0 heterocycles. The number of carboxylic acid groups (broad SMARTS) is 1. The van der Waals surface area contributed by atoms with Gasteiger partial charge >= 0.3 is 0 Å². The summed E-state index contributed by atoms with van der Waals surface area (Å²) < 4.78 is 0. The Bertz CT molecular complexity index is 287. The molecule has 0 amide bonds. The van der Waals surface area contributed by atoms with Gasteiger partial charge in [0.05, 0.1) is 0 Å². The van der Waals surface area contributed by atoms with Crippen molar-refractivity contribution in [1.29, 1.82) is 10.8 Å². The molecule has 0 saturated carbocycles. The van der Waals surface area contributed by atoms with Gasteiger partial charge in [0.25, 0.3) is 5.97 Å². The maximum absolute atomic E-state index is 9.00. The number of nitrogens with two attached hydrogens (primary N) is 2. The van der Waals surface area contributed by atoms with Gasteiger partial charge in [-0.1, -0.05) is 13.8 Å². The van der Waals surface area contributed by atoms with Gasteiger partial charge < -0.3 is 16.6 Å². The molecule has 2 unspecified atom stereocenters. The summed E-state index contributed by atoms with van der Waals surface area (Å²) in [5.74, 6) is -0.843. The van der Waals surface area contributed by atoms with E-state index in [0.717, 1.165) is 6.92 Å². The Hall–Kier alpha value is -1.99. The van der Waals surface area contributed by atoms with Crippen LogP contribution in [0.1, 0.15) is 33.6 Å². The van der Waals surface area contributed by atoms with Gasteiger partial charge in [-0.2, -0.15) is 10.2 Å². The minimum Gasteiger partial charge on any atom is -0.481 e. The monoisotopic (exact) mass is 258 g/mol. The second-order valence-electron chi connectivity index (χ2n) is 3.51. The van der Waals surface area contributed by atoms with Gasteiger partial charge in [0.2, 0.25) is 0 Å². The van der Waals surface area contributed by atoms with E-state index in [-0.39, 0.29) is 23.8 Å². The molecule has 0 fully saturated rings. The maximum Gasteiger partial charge on any atom is 0.300 e. The molecule has 104 valence electrons. The summed E-state index contributed by atoms with van der Waals surface area (Å²) in [6, 6.07) is -0.771. The quantitative estimate of drug-likeness (QED) is 0.272.